The summed E-state index contributed by atoms with van der Waals surface area (Å²) in [5.74, 6) is -2.54. The number of nitrogens with one attached hydrogen (secondary N) is 2. The molecule has 1 aromatic rings. The first-order valence-electron chi connectivity index (χ1n) is 7.81. The smallest absolute Gasteiger partial charge is 0.326 e. The second kappa shape index (κ2) is 8.77. The van der Waals surface area contributed by atoms with E-state index in [0.29, 0.717) is 5.69 Å². The SMILES string of the molecule is CC(=O)Nc1ccc(S(=O)(=O)N(C)CC(=O)N[C@H](C(=O)O)C(C)C)cc1. The van der Waals surface area contributed by atoms with Gasteiger partial charge in [0.15, 0.2) is 0 Å². The van der Waals surface area contributed by atoms with Gasteiger partial charge in [0.25, 0.3) is 0 Å². The number of amides is 2. The van der Waals surface area contributed by atoms with Gasteiger partial charge in [0, 0.05) is 19.7 Å². The van der Waals surface area contributed by atoms with E-state index in [-0.39, 0.29) is 16.7 Å². The maximum absolute atomic E-state index is 12.5. The number of rotatable bonds is 8. The van der Waals surface area contributed by atoms with Crippen LogP contribution < -0.4 is 10.6 Å². The number of carbonyl (C=O) groups is 3. The van der Waals surface area contributed by atoms with Crippen molar-refractivity contribution >= 4 is 33.5 Å². The average molecular weight is 385 g/mol. The summed E-state index contributed by atoms with van der Waals surface area (Å²) in [6.07, 6.45) is 0. The molecule has 2 amide bonds. The van der Waals surface area contributed by atoms with Crippen LogP contribution in [0.2, 0.25) is 0 Å². The highest BCUT2D eigenvalue weighted by atomic mass is 32.2. The van der Waals surface area contributed by atoms with Crippen LogP contribution in [0.1, 0.15) is 20.8 Å². The van der Waals surface area contributed by atoms with Crippen molar-refractivity contribution in [1.29, 1.82) is 0 Å². The summed E-state index contributed by atoms with van der Waals surface area (Å²) in [6, 6.07) is 4.38. The van der Waals surface area contributed by atoms with Gasteiger partial charge in [-0.15, -0.1) is 0 Å². The maximum Gasteiger partial charge on any atom is 0.326 e. The fourth-order valence-electron chi connectivity index (χ4n) is 2.11. The number of nitrogens with zero attached hydrogens (tertiary/aromatic N) is 1. The second-order valence-corrected chi connectivity index (χ2v) is 8.14. The summed E-state index contributed by atoms with van der Waals surface area (Å²) >= 11 is 0. The monoisotopic (exact) mass is 385 g/mol. The molecule has 10 heteroatoms. The van der Waals surface area contributed by atoms with Gasteiger partial charge in [-0.2, -0.15) is 4.31 Å². The molecule has 0 radical (unpaired) electrons. The van der Waals surface area contributed by atoms with Gasteiger partial charge >= 0.3 is 5.97 Å². The first kappa shape index (κ1) is 21.6. The van der Waals surface area contributed by atoms with E-state index < -0.39 is 34.5 Å². The number of likely N-dealkylation sites (N-methyl/N-ethyl adjacent to an activating group) is 1. The van der Waals surface area contributed by atoms with Crippen molar-refractivity contribution in [3.63, 3.8) is 0 Å². The molecule has 9 nitrogen and oxygen atoms in total. The molecule has 1 atom stereocenters. The number of benzene rings is 1. The highest BCUT2D eigenvalue weighted by molar-refractivity contribution is 7.89. The molecule has 144 valence electrons. The van der Waals surface area contributed by atoms with Gasteiger partial charge < -0.3 is 15.7 Å². The number of sulfonamides is 1. The van der Waals surface area contributed by atoms with Crippen LogP contribution in [0.4, 0.5) is 5.69 Å². The van der Waals surface area contributed by atoms with Crippen LogP contribution in [0.15, 0.2) is 29.2 Å². The highest BCUT2D eigenvalue weighted by Crippen LogP contribution is 2.17. The first-order valence-corrected chi connectivity index (χ1v) is 9.25. The van der Waals surface area contributed by atoms with Crippen LogP contribution in [0.25, 0.3) is 0 Å². The summed E-state index contributed by atoms with van der Waals surface area (Å²) in [5.41, 5.74) is 0.443. The van der Waals surface area contributed by atoms with E-state index in [2.05, 4.69) is 10.6 Å². The minimum absolute atomic E-state index is 0.0550. The first-order chi connectivity index (χ1) is 11.9. The molecule has 0 aromatic heterocycles. The molecule has 0 saturated heterocycles. The summed E-state index contributed by atoms with van der Waals surface area (Å²) in [5, 5.41) is 13.9. The van der Waals surface area contributed by atoms with Crippen LogP contribution in [-0.4, -0.2) is 55.2 Å². The van der Waals surface area contributed by atoms with E-state index in [9.17, 15) is 22.8 Å². The third-order valence-electron chi connectivity index (χ3n) is 3.50. The predicted molar refractivity (Wildman–Crippen MR) is 95.0 cm³/mol. The van der Waals surface area contributed by atoms with Gasteiger partial charge in [0.1, 0.15) is 6.04 Å². The van der Waals surface area contributed by atoms with Crippen molar-refractivity contribution in [1.82, 2.24) is 9.62 Å². The van der Waals surface area contributed by atoms with Gasteiger partial charge in [-0.05, 0) is 30.2 Å². The number of carboxylic acids is 1. The quantitative estimate of drug-likeness (QED) is 0.596. The summed E-state index contributed by atoms with van der Waals surface area (Å²) < 4.78 is 25.8. The van der Waals surface area contributed by atoms with Crippen LogP contribution in [0.5, 0.6) is 0 Å². The lowest BCUT2D eigenvalue weighted by molar-refractivity contribution is -0.143. The van der Waals surface area contributed by atoms with Gasteiger partial charge in [-0.1, -0.05) is 13.8 Å². The number of hydrogen-bond donors (Lipinski definition) is 3. The van der Waals surface area contributed by atoms with Crippen LogP contribution in [0.3, 0.4) is 0 Å². The predicted octanol–water partition coefficient (Wildman–Crippen LogP) is 0.491. The third kappa shape index (κ3) is 5.81. The van der Waals surface area contributed by atoms with Gasteiger partial charge in [-0.3, -0.25) is 9.59 Å². The lowest BCUT2D eigenvalue weighted by Gasteiger charge is -2.21. The Balaban J connectivity index is 2.84. The fraction of sp³-hybridized carbons (Fsp3) is 0.438. The Hall–Kier alpha value is -2.46. The van der Waals surface area contributed by atoms with Crippen molar-refractivity contribution in [2.75, 3.05) is 18.9 Å². The minimum Gasteiger partial charge on any atom is -0.480 e. The largest absolute Gasteiger partial charge is 0.480 e. The molecule has 0 aliphatic heterocycles. The molecule has 1 aromatic carbocycles. The number of hydrogen-bond acceptors (Lipinski definition) is 5. The Morgan fingerprint density at radius 3 is 2.12 bits per heavy atom. The van der Waals surface area contributed by atoms with E-state index >= 15 is 0 Å². The van der Waals surface area contributed by atoms with Crippen molar-refractivity contribution in [2.45, 2.75) is 31.7 Å². The van der Waals surface area contributed by atoms with E-state index in [0.717, 1.165) is 4.31 Å². The molecule has 0 heterocycles. The molecule has 0 aliphatic carbocycles. The van der Waals surface area contributed by atoms with Crippen molar-refractivity contribution < 1.29 is 27.9 Å². The van der Waals surface area contributed by atoms with Crippen LogP contribution in [0, 0.1) is 5.92 Å². The molecule has 0 unspecified atom stereocenters. The normalized spacial score (nSPS) is 12.7. The molecule has 0 aliphatic rings. The van der Waals surface area contributed by atoms with E-state index in [4.69, 9.17) is 5.11 Å². The zero-order valence-electron chi connectivity index (χ0n) is 15.0. The number of carboxylic acid groups (broad SMARTS) is 1. The van der Waals surface area contributed by atoms with Crippen LogP contribution in [-0.2, 0) is 24.4 Å². The zero-order chi connectivity index (χ0) is 20.1. The summed E-state index contributed by atoms with van der Waals surface area (Å²) in [7, 11) is -2.72. The maximum atomic E-state index is 12.5. The topological polar surface area (TPSA) is 133 Å². The van der Waals surface area contributed by atoms with Gasteiger partial charge in [0.05, 0.1) is 11.4 Å². The molecule has 0 spiro atoms. The fourth-order valence-corrected chi connectivity index (χ4v) is 3.24. The van der Waals surface area contributed by atoms with E-state index in [1.165, 1.54) is 38.2 Å². The summed E-state index contributed by atoms with van der Waals surface area (Å²) in [4.78, 5) is 34.0. The molecule has 1 rings (SSSR count). The lowest BCUT2D eigenvalue weighted by Crippen LogP contribution is -2.48. The minimum atomic E-state index is -3.94. The molecule has 0 fully saturated rings. The Morgan fingerprint density at radius 2 is 1.69 bits per heavy atom. The van der Waals surface area contributed by atoms with Crippen molar-refractivity contribution in [2.24, 2.45) is 5.92 Å². The second-order valence-electron chi connectivity index (χ2n) is 6.09. The molecule has 0 saturated carbocycles. The Kier molecular flexibility index (Phi) is 7.28. The number of carbonyl (C=O) groups excluding carboxylic acids is 2. The zero-order valence-corrected chi connectivity index (χ0v) is 15.8. The Labute approximate surface area is 152 Å². The van der Waals surface area contributed by atoms with Gasteiger partial charge in [0.2, 0.25) is 21.8 Å². The van der Waals surface area contributed by atoms with E-state index in [1.807, 2.05) is 0 Å². The van der Waals surface area contributed by atoms with Crippen molar-refractivity contribution in [3.8, 4) is 0 Å². The average Bonchev–Trinajstić information content (AvgIpc) is 2.51. The Bertz CT molecular complexity index is 774. The van der Waals surface area contributed by atoms with Crippen molar-refractivity contribution in [3.05, 3.63) is 24.3 Å². The summed E-state index contributed by atoms with van der Waals surface area (Å²) in [6.45, 7) is 4.08. The molecule has 3 N–H and O–H groups in total. The number of anilines is 1. The third-order valence-corrected chi connectivity index (χ3v) is 5.32. The van der Waals surface area contributed by atoms with Crippen LogP contribution >= 0.6 is 0 Å². The molecule has 26 heavy (non-hydrogen) atoms. The standard InChI is InChI=1S/C16H23N3O6S/c1-10(2)15(16(22)23)18-14(21)9-19(4)26(24,25)13-7-5-12(6-8-13)17-11(3)20/h5-8,10,15H,9H2,1-4H3,(H,17,20)(H,18,21)(H,22,23)/t15-/m0/s1. The molecular weight excluding hydrogens is 362 g/mol. The Morgan fingerprint density at radius 1 is 1.15 bits per heavy atom. The van der Waals surface area contributed by atoms with Gasteiger partial charge in [-0.25, -0.2) is 13.2 Å². The molecule has 0 bridgehead atoms. The van der Waals surface area contributed by atoms with E-state index in [1.54, 1.807) is 13.8 Å². The lowest BCUT2D eigenvalue weighted by atomic mass is 10.1. The highest BCUT2D eigenvalue weighted by Gasteiger charge is 2.27. The number of aliphatic carboxylic acids is 1. The molecular formula is C16H23N3O6S.